The number of nitrogens with zero attached hydrogens (tertiary/aromatic N) is 3. The lowest BCUT2D eigenvalue weighted by Gasteiger charge is -2.25. The first kappa shape index (κ1) is 20.6. The zero-order valence-electron chi connectivity index (χ0n) is 17.7. The van der Waals surface area contributed by atoms with Crippen molar-refractivity contribution < 1.29 is 14.0 Å². The topological polar surface area (TPSA) is 78.5 Å². The van der Waals surface area contributed by atoms with Gasteiger partial charge < -0.3 is 18.6 Å². The molecule has 1 N–H and O–H groups in total. The molecule has 7 nitrogen and oxygen atoms in total. The van der Waals surface area contributed by atoms with Crippen LogP contribution in [0.15, 0.2) is 52.5 Å². The van der Waals surface area contributed by atoms with Gasteiger partial charge in [-0.25, -0.2) is 0 Å². The van der Waals surface area contributed by atoms with Crippen LogP contribution in [0, 0.1) is 5.92 Å². The van der Waals surface area contributed by atoms with E-state index in [0.717, 1.165) is 21.8 Å². The van der Waals surface area contributed by atoms with E-state index < -0.39 is 10.3 Å². The second-order valence-electron chi connectivity index (χ2n) is 8.15. The highest BCUT2D eigenvalue weighted by Gasteiger charge is 2.23. The predicted molar refractivity (Wildman–Crippen MR) is 119 cm³/mol. The van der Waals surface area contributed by atoms with Gasteiger partial charge in [0.1, 0.15) is 5.75 Å². The van der Waals surface area contributed by atoms with E-state index in [1.54, 1.807) is 43.4 Å². The molecule has 0 radical (unpaired) electrons. The molecule has 1 aliphatic carbocycles. The SMILES string of the molecule is Cn1cc(Oc2cc(-c3cc(S(C)(C)O)ccc3OCC3CC3)cn(C)c2=O)cn1. The fourth-order valence-electron chi connectivity index (χ4n) is 3.14. The molecule has 3 aromatic rings. The highest BCUT2D eigenvalue weighted by molar-refractivity contribution is 8.28. The van der Waals surface area contributed by atoms with Gasteiger partial charge in [0.15, 0.2) is 11.5 Å². The Bertz CT molecular complexity index is 1130. The highest BCUT2D eigenvalue weighted by Crippen LogP contribution is 2.47. The second kappa shape index (κ2) is 7.85. The fraction of sp³-hybridized carbons (Fsp3) is 0.364. The normalized spacial score (nSPS) is 14.6. The van der Waals surface area contributed by atoms with E-state index in [-0.39, 0.29) is 11.3 Å². The minimum absolute atomic E-state index is 0.206. The maximum absolute atomic E-state index is 12.6. The molecule has 2 heterocycles. The fourth-order valence-corrected chi connectivity index (χ4v) is 3.95. The lowest BCUT2D eigenvalue weighted by molar-refractivity contribution is 0.301. The monoisotopic (exact) mass is 429 g/mol. The van der Waals surface area contributed by atoms with E-state index in [2.05, 4.69) is 5.10 Å². The molecule has 0 amide bonds. The average Bonchev–Trinajstić information content (AvgIpc) is 3.43. The van der Waals surface area contributed by atoms with Crippen LogP contribution in [0.3, 0.4) is 0 Å². The number of ether oxygens (including phenoxy) is 2. The van der Waals surface area contributed by atoms with Crippen LogP contribution >= 0.6 is 10.3 Å². The molecular formula is C22H27N3O4S. The lowest BCUT2D eigenvalue weighted by atomic mass is 10.1. The van der Waals surface area contributed by atoms with Crippen molar-refractivity contribution in [1.29, 1.82) is 0 Å². The Kier molecular flexibility index (Phi) is 5.38. The van der Waals surface area contributed by atoms with Gasteiger partial charge >= 0.3 is 0 Å². The van der Waals surface area contributed by atoms with Gasteiger partial charge in [0.25, 0.3) is 5.56 Å². The van der Waals surface area contributed by atoms with Crippen LogP contribution in [0.4, 0.5) is 0 Å². The van der Waals surface area contributed by atoms with Crippen molar-refractivity contribution in [2.75, 3.05) is 19.1 Å². The molecule has 160 valence electrons. The summed E-state index contributed by atoms with van der Waals surface area (Å²) >= 11 is 0. The van der Waals surface area contributed by atoms with Gasteiger partial charge in [0.2, 0.25) is 0 Å². The zero-order chi connectivity index (χ0) is 21.5. The molecule has 1 fully saturated rings. The molecule has 0 bridgehead atoms. The van der Waals surface area contributed by atoms with Gasteiger partial charge in [0, 0.05) is 36.3 Å². The summed E-state index contributed by atoms with van der Waals surface area (Å²) in [6.07, 6.45) is 11.1. The number of hydrogen-bond acceptors (Lipinski definition) is 5. The molecule has 2 aromatic heterocycles. The molecule has 0 spiro atoms. The van der Waals surface area contributed by atoms with Crippen molar-refractivity contribution in [2.24, 2.45) is 20.0 Å². The van der Waals surface area contributed by atoms with Gasteiger partial charge in [-0.1, -0.05) is 0 Å². The smallest absolute Gasteiger partial charge is 0.293 e. The Labute approximate surface area is 177 Å². The maximum Gasteiger partial charge on any atom is 0.293 e. The van der Waals surface area contributed by atoms with Crippen LogP contribution in [0.5, 0.6) is 17.2 Å². The first-order valence-electron chi connectivity index (χ1n) is 9.81. The van der Waals surface area contributed by atoms with Crippen LogP contribution in [-0.2, 0) is 14.1 Å². The molecule has 30 heavy (non-hydrogen) atoms. The van der Waals surface area contributed by atoms with Gasteiger partial charge in [-0.15, -0.1) is 10.3 Å². The molecule has 8 heteroatoms. The van der Waals surface area contributed by atoms with Crippen molar-refractivity contribution in [3.8, 4) is 28.4 Å². The largest absolute Gasteiger partial charge is 0.493 e. The molecule has 0 atom stereocenters. The summed E-state index contributed by atoms with van der Waals surface area (Å²) in [5.41, 5.74) is 1.37. The number of aryl methyl sites for hydroxylation is 2. The minimum atomic E-state index is -1.91. The lowest BCUT2D eigenvalue weighted by Crippen LogP contribution is -2.17. The van der Waals surface area contributed by atoms with Crippen LogP contribution in [0.1, 0.15) is 12.8 Å². The zero-order valence-corrected chi connectivity index (χ0v) is 18.5. The number of pyridine rings is 1. The Hall–Kier alpha value is -2.71. The van der Waals surface area contributed by atoms with E-state index in [1.807, 2.05) is 30.7 Å². The first-order chi connectivity index (χ1) is 14.2. The van der Waals surface area contributed by atoms with Gasteiger partial charge in [-0.2, -0.15) is 5.10 Å². The second-order valence-corrected chi connectivity index (χ2v) is 11.2. The molecular weight excluding hydrogens is 402 g/mol. The third kappa shape index (κ3) is 4.55. The molecule has 1 aliphatic rings. The first-order valence-corrected chi connectivity index (χ1v) is 12.2. The number of benzene rings is 1. The summed E-state index contributed by atoms with van der Waals surface area (Å²) in [6, 6.07) is 7.49. The van der Waals surface area contributed by atoms with Crippen molar-refractivity contribution in [2.45, 2.75) is 17.7 Å². The van der Waals surface area contributed by atoms with E-state index >= 15 is 0 Å². The number of rotatable bonds is 7. The average molecular weight is 430 g/mol. The third-order valence-electron chi connectivity index (χ3n) is 5.07. The molecule has 0 saturated heterocycles. The van der Waals surface area contributed by atoms with Crippen molar-refractivity contribution >= 4 is 10.3 Å². The molecule has 4 rings (SSSR count). The molecule has 1 aromatic carbocycles. The summed E-state index contributed by atoms with van der Waals surface area (Å²) in [5.74, 6) is 2.05. The van der Waals surface area contributed by atoms with Crippen molar-refractivity contribution in [3.05, 3.63) is 53.2 Å². The molecule has 0 aliphatic heterocycles. The minimum Gasteiger partial charge on any atom is -0.493 e. The van der Waals surface area contributed by atoms with Crippen LogP contribution in [0.25, 0.3) is 11.1 Å². The number of hydrogen-bond donors (Lipinski definition) is 1. The van der Waals surface area contributed by atoms with Crippen LogP contribution in [-0.4, -0.2) is 38.0 Å². The maximum atomic E-state index is 12.6. The Morgan fingerprint density at radius 1 is 1.17 bits per heavy atom. The summed E-state index contributed by atoms with van der Waals surface area (Å²) in [7, 11) is 1.57. The Morgan fingerprint density at radius 3 is 2.57 bits per heavy atom. The van der Waals surface area contributed by atoms with Crippen LogP contribution in [0.2, 0.25) is 0 Å². The predicted octanol–water partition coefficient (Wildman–Crippen LogP) is 4.26. The Morgan fingerprint density at radius 2 is 1.93 bits per heavy atom. The van der Waals surface area contributed by atoms with Crippen molar-refractivity contribution in [1.82, 2.24) is 14.3 Å². The summed E-state index contributed by atoms with van der Waals surface area (Å²) in [6.45, 7) is 0.673. The van der Waals surface area contributed by atoms with E-state index in [4.69, 9.17) is 9.47 Å². The van der Waals surface area contributed by atoms with Gasteiger partial charge in [0.05, 0.1) is 19.0 Å². The molecule has 0 unspecified atom stereocenters. The number of aromatic nitrogens is 3. The summed E-state index contributed by atoms with van der Waals surface area (Å²) in [4.78, 5) is 13.5. The quantitative estimate of drug-likeness (QED) is 0.607. The Balaban J connectivity index is 1.77. The van der Waals surface area contributed by atoms with Gasteiger partial charge in [-0.3, -0.25) is 9.48 Å². The van der Waals surface area contributed by atoms with Crippen LogP contribution < -0.4 is 15.0 Å². The van der Waals surface area contributed by atoms with Gasteiger partial charge in [-0.05, 0) is 55.5 Å². The summed E-state index contributed by atoms with van der Waals surface area (Å²) < 4.78 is 25.6. The van der Waals surface area contributed by atoms with E-state index in [0.29, 0.717) is 18.3 Å². The highest BCUT2D eigenvalue weighted by atomic mass is 32.3. The standard InChI is InChI=1S/C22H27N3O4S/c1-24-12-16(9-21(22(24)26)29-17-11-23-25(2)13-17)19-10-18(30(3,4)27)7-8-20(19)28-14-15-5-6-15/h7-13,15,27H,5-6,14H2,1-4H3. The third-order valence-corrected chi connectivity index (χ3v) is 6.48. The van der Waals surface area contributed by atoms with E-state index in [1.165, 1.54) is 17.4 Å². The molecule has 1 saturated carbocycles. The van der Waals surface area contributed by atoms with E-state index in [9.17, 15) is 9.35 Å². The van der Waals surface area contributed by atoms with Crippen molar-refractivity contribution in [3.63, 3.8) is 0 Å². The summed E-state index contributed by atoms with van der Waals surface area (Å²) in [5, 5.41) is 4.08.